The number of hydrogen-bond acceptors (Lipinski definition) is 3. The van der Waals surface area contributed by atoms with E-state index >= 15 is 0 Å². The van der Waals surface area contributed by atoms with Gasteiger partial charge in [0, 0.05) is 6.08 Å². The summed E-state index contributed by atoms with van der Waals surface area (Å²) in [5.41, 5.74) is 0.849. The zero-order valence-corrected chi connectivity index (χ0v) is 14.0. The molecular weight excluding hydrogens is 304 g/mol. The molecule has 130 valence electrons. The number of carboxylic acids is 1. The van der Waals surface area contributed by atoms with Crippen molar-refractivity contribution in [2.24, 2.45) is 5.92 Å². The zero-order chi connectivity index (χ0) is 17.2. The fourth-order valence-electron chi connectivity index (χ4n) is 2.84. The van der Waals surface area contributed by atoms with Gasteiger partial charge in [-0.05, 0) is 61.8 Å². The molecule has 0 amide bonds. The van der Waals surface area contributed by atoms with Crippen LogP contribution < -0.4 is 4.74 Å². The van der Waals surface area contributed by atoms with E-state index in [1.54, 1.807) is 6.08 Å². The van der Waals surface area contributed by atoms with Gasteiger partial charge in [-0.25, -0.2) is 4.79 Å². The number of aliphatic carboxylic acids is 1. The first kappa shape index (κ1) is 18.3. The number of ether oxygens (including phenoxy) is 2. The van der Waals surface area contributed by atoms with Crippen molar-refractivity contribution in [3.05, 3.63) is 48.6 Å². The Bertz CT molecular complexity index is 539. The third-order valence-corrected chi connectivity index (χ3v) is 4.25. The highest BCUT2D eigenvalue weighted by Gasteiger charge is 2.21. The first-order chi connectivity index (χ1) is 11.7. The molecule has 0 spiro atoms. The number of hydrogen-bond donors (Lipinski definition) is 1. The SMILES string of the molecule is C=CCCOC1CCC(COc2ccc(C=CC(=O)O)cc2)CC1. The van der Waals surface area contributed by atoms with Crippen LogP contribution in [0.15, 0.2) is 43.0 Å². The Hall–Kier alpha value is -2.07. The minimum Gasteiger partial charge on any atom is -0.493 e. The van der Waals surface area contributed by atoms with Crippen LogP contribution in [-0.4, -0.2) is 30.4 Å². The van der Waals surface area contributed by atoms with Crippen molar-refractivity contribution in [3.63, 3.8) is 0 Å². The molecule has 0 aromatic heterocycles. The largest absolute Gasteiger partial charge is 0.493 e. The first-order valence-electron chi connectivity index (χ1n) is 8.53. The summed E-state index contributed by atoms with van der Waals surface area (Å²) in [6.45, 7) is 5.21. The van der Waals surface area contributed by atoms with Gasteiger partial charge in [-0.1, -0.05) is 18.2 Å². The standard InChI is InChI=1S/C20H26O4/c1-2-3-14-23-18-11-6-17(7-12-18)15-24-19-9-4-16(5-10-19)8-13-20(21)22/h2,4-5,8-10,13,17-18H,1,3,6-7,11-12,14-15H2,(H,21,22). The fraction of sp³-hybridized carbons (Fsp3) is 0.450. The molecule has 0 radical (unpaired) electrons. The molecular formula is C20H26O4. The Labute approximate surface area is 143 Å². The van der Waals surface area contributed by atoms with Gasteiger partial charge in [-0.2, -0.15) is 0 Å². The molecule has 0 unspecified atom stereocenters. The Morgan fingerprint density at radius 3 is 2.54 bits per heavy atom. The summed E-state index contributed by atoms with van der Waals surface area (Å²) in [7, 11) is 0. The summed E-state index contributed by atoms with van der Waals surface area (Å²) >= 11 is 0. The van der Waals surface area contributed by atoms with Crippen LogP contribution in [0.3, 0.4) is 0 Å². The maximum absolute atomic E-state index is 10.5. The van der Waals surface area contributed by atoms with Crippen LogP contribution in [0.5, 0.6) is 5.75 Å². The smallest absolute Gasteiger partial charge is 0.328 e. The zero-order valence-electron chi connectivity index (χ0n) is 14.0. The molecule has 4 heteroatoms. The van der Waals surface area contributed by atoms with Crippen molar-refractivity contribution >= 4 is 12.0 Å². The third-order valence-electron chi connectivity index (χ3n) is 4.25. The number of carbonyl (C=O) groups is 1. The molecule has 1 N–H and O–H groups in total. The van der Waals surface area contributed by atoms with Gasteiger partial charge in [0.2, 0.25) is 0 Å². The average Bonchev–Trinajstić information content (AvgIpc) is 2.60. The molecule has 1 saturated carbocycles. The number of carboxylic acid groups (broad SMARTS) is 1. The monoisotopic (exact) mass is 330 g/mol. The van der Waals surface area contributed by atoms with Crippen molar-refractivity contribution in [3.8, 4) is 5.75 Å². The maximum Gasteiger partial charge on any atom is 0.328 e. The van der Waals surface area contributed by atoms with Crippen LogP contribution in [0.2, 0.25) is 0 Å². The van der Waals surface area contributed by atoms with E-state index in [-0.39, 0.29) is 0 Å². The highest BCUT2D eigenvalue weighted by Crippen LogP contribution is 2.27. The molecule has 0 heterocycles. The summed E-state index contributed by atoms with van der Waals surface area (Å²) in [4.78, 5) is 10.5. The second kappa shape index (κ2) is 9.93. The van der Waals surface area contributed by atoms with E-state index in [1.807, 2.05) is 30.3 Å². The summed E-state index contributed by atoms with van der Waals surface area (Å²) in [5.74, 6) is 0.460. The van der Waals surface area contributed by atoms with Crippen LogP contribution in [0.1, 0.15) is 37.7 Å². The third kappa shape index (κ3) is 6.59. The van der Waals surface area contributed by atoms with Gasteiger partial charge in [-0.15, -0.1) is 6.58 Å². The van der Waals surface area contributed by atoms with E-state index in [4.69, 9.17) is 14.6 Å². The predicted molar refractivity (Wildman–Crippen MR) is 95.1 cm³/mol. The van der Waals surface area contributed by atoms with Gasteiger partial charge in [0.15, 0.2) is 0 Å². The van der Waals surface area contributed by atoms with Crippen molar-refractivity contribution in [1.29, 1.82) is 0 Å². The lowest BCUT2D eigenvalue weighted by Gasteiger charge is -2.28. The Morgan fingerprint density at radius 2 is 1.92 bits per heavy atom. The molecule has 1 aliphatic rings. The Balaban J connectivity index is 1.69. The van der Waals surface area contributed by atoms with Crippen molar-refractivity contribution in [2.75, 3.05) is 13.2 Å². The first-order valence-corrected chi connectivity index (χ1v) is 8.53. The van der Waals surface area contributed by atoms with Gasteiger partial charge in [0.05, 0.1) is 19.3 Å². The van der Waals surface area contributed by atoms with Crippen molar-refractivity contribution in [1.82, 2.24) is 0 Å². The minimum atomic E-state index is -0.945. The van der Waals surface area contributed by atoms with E-state index in [1.165, 1.54) is 0 Å². The summed E-state index contributed by atoms with van der Waals surface area (Å²) < 4.78 is 11.7. The van der Waals surface area contributed by atoms with Crippen molar-refractivity contribution < 1.29 is 19.4 Å². The number of benzene rings is 1. The van der Waals surface area contributed by atoms with Crippen molar-refractivity contribution in [2.45, 2.75) is 38.2 Å². The minimum absolute atomic E-state index is 0.390. The molecule has 0 saturated heterocycles. The molecule has 0 atom stereocenters. The molecule has 1 fully saturated rings. The molecule has 1 aromatic rings. The van der Waals surface area contributed by atoms with Crippen LogP contribution in [-0.2, 0) is 9.53 Å². The summed E-state index contributed by atoms with van der Waals surface area (Å²) in [6.07, 6.45) is 10.4. The molecule has 1 aromatic carbocycles. The van der Waals surface area contributed by atoms with Crippen LogP contribution in [0, 0.1) is 5.92 Å². The second-order valence-corrected chi connectivity index (χ2v) is 6.14. The van der Waals surface area contributed by atoms with Gasteiger partial charge < -0.3 is 14.6 Å². The van der Waals surface area contributed by atoms with E-state index in [2.05, 4.69) is 6.58 Å². The van der Waals surface area contributed by atoms with E-state index in [9.17, 15) is 4.79 Å². The normalized spacial score (nSPS) is 20.8. The highest BCUT2D eigenvalue weighted by molar-refractivity contribution is 5.85. The highest BCUT2D eigenvalue weighted by atomic mass is 16.5. The lowest BCUT2D eigenvalue weighted by Crippen LogP contribution is -2.25. The molecule has 4 nitrogen and oxygen atoms in total. The van der Waals surface area contributed by atoms with E-state index < -0.39 is 5.97 Å². The number of rotatable bonds is 9. The summed E-state index contributed by atoms with van der Waals surface area (Å²) in [6, 6.07) is 7.48. The Morgan fingerprint density at radius 1 is 1.21 bits per heavy atom. The van der Waals surface area contributed by atoms with Gasteiger partial charge >= 0.3 is 5.97 Å². The molecule has 2 rings (SSSR count). The van der Waals surface area contributed by atoms with E-state index in [0.29, 0.717) is 12.0 Å². The average molecular weight is 330 g/mol. The summed E-state index contributed by atoms with van der Waals surface area (Å²) in [5, 5.41) is 8.61. The van der Waals surface area contributed by atoms with E-state index in [0.717, 1.165) is 62.7 Å². The molecule has 0 bridgehead atoms. The molecule has 1 aliphatic carbocycles. The quantitative estimate of drug-likeness (QED) is 0.416. The Kier molecular flexibility index (Phi) is 7.56. The van der Waals surface area contributed by atoms with Gasteiger partial charge in [0.1, 0.15) is 5.75 Å². The van der Waals surface area contributed by atoms with Gasteiger partial charge in [-0.3, -0.25) is 0 Å². The predicted octanol–water partition coefficient (Wildman–Crippen LogP) is 4.31. The molecule has 0 aliphatic heterocycles. The molecule has 24 heavy (non-hydrogen) atoms. The lowest BCUT2D eigenvalue weighted by molar-refractivity contribution is -0.131. The van der Waals surface area contributed by atoms with Crippen LogP contribution in [0.25, 0.3) is 6.08 Å². The van der Waals surface area contributed by atoms with Crippen LogP contribution >= 0.6 is 0 Å². The maximum atomic E-state index is 10.5. The topological polar surface area (TPSA) is 55.8 Å². The second-order valence-electron chi connectivity index (χ2n) is 6.14. The van der Waals surface area contributed by atoms with Crippen LogP contribution in [0.4, 0.5) is 0 Å². The lowest BCUT2D eigenvalue weighted by atomic mass is 9.88. The van der Waals surface area contributed by atoms with Gasteiger partial charge in [0.25, 0.3) is 0 Å². The fourth-order valence-corrected chi connectivity index (χ4v) is 2.84.